The summed E-state index contributed by atoms with van der Waals surface area (Å²) in [5.41, 5.74) is 0.445. The van der Waals surface area contributed by atoms with Crippen LogP contribution in [0.4, 0.5) is 0 Å². The van der Waals surface area contributed by atoms with Gasteiger partial charge in [0.25, 0.3) is 5.91 Å². The Morgan fingerprint density at radius 1 is 1.69 bits per heavy atom. The highest BCUT2D eigenvalue weighted by Crippen LogP contribution is 1.94. The Morgan fingerprint density at radius 2 is 2.38 bits per heavy atom. The molecule has 0 aliphatic carbocycles. The van der Waals surface area contributed by atoms with Gasteiger partial charge in [-0.25, -0.2) is 0 Å². The van der Waals surface area contributed by atoms with E-state index in [4.69, 9.17) is 5.26 Å². The van der Waals surface area contributed by atoms with E-state index in [1.165, 1.54) is 12.3 Å². The van der Waals surface area contributed by atoms with Crippen LogP contribution in [-0.2, 0) is 0 Å². The number of aryl methyl sites for hydroxylation is 1. The summed E-state index contributed by atoms with van der Waals surface area (Å²) in [6, 6.07) is 3.36. The molecule has 1 rings (SSSR count). The van der Waals surface area contributed by atoms with Crippen molar-refractivity contribution in [2.24, 2.45) is 5.92 Å². The molecule has 0 saturated carbocycles. The van der Waals surface area contributed by atoms with Crippen LogP contribution in [0.15, 0.2) is 17.1 Å². The molecule has 1 unspecified atom stereocenters. The van der Waals surface area contributed by atoms with Gasteiger partial charge in [0.05, 0.1) is 12.0 Å². The second-order valence-corrected chi connectivity index (χ2v) is 3.63. The SMILES string of the molecule is Cc1cc(=O)c(C(=O)NCC(C)C#N)c[nH]1. The molecule has 0 radical (unpaired) electrons. The standard InChI is InChI=1S/C11H13N3O2/c1-7(4-12)5-14-11(16)9-6-13-8(2)3-10(9)15/h3,6-7H,5H2,1-2H3,(H,13,15)(H,14,16). The normalized spacial score (nSPS) is 11.6. The van der Waals surface area contributed by atoms with Crippen LogP contribution >= 0.6 is 0 Å². The zero-order chi connectivity index (χ0) is 12.1. The number of nitriles is 1. The van der Waals surface area contributed by atoms with Crippen molar-refractivity contribution >= 4 is 5.91 Å². The molecule has 0 fully saturated rings. The van der Waals surface area contributed by atoms with E-state index in [1.807, 2.05) is 6.07 Å². The minimum Gasteiger partial charge on any atom is -0.364 e. The van der Waals surface area contributed by atoms with Crippen LogP contribution in [0.2, 0.25) is 0 Å². The molecule has 1 amide bonds. The van der Waals surface area contributed by atoms with Crippen LogP contribution in [0.3, 0.4) is 0 Å². The topological polar surface area (TPSA) is 85.8 Å². The molecular formula is C11H13N3O2. The van der Waals surface area contributed by atoms with Gasteiger partial charge in [0.2, 0.25) is 0 Å². The van der Waals surface area contributed by atoms with E-state index < -0.39 is 5.91 Å². The highest BCUT2D eigenvalue weighted by atomic mass is 16.2. The van der Waals surface area contributed by atoms with Crippen molar-refractivity contribution in [1.29, 1.82) is 5.26 Å². The van der Waals surface area contributed by atoms with E-state index in [9.17, 15) is 9.59 Å². The fraction of sp³-hybridized carbons (Fsp3) is 0.364. The fourth-order valence-corrected chi connectivity index (χ4v) is 1.14. The minimum atomic E-state index is -0.455. The van der Waals surface area contributed by atoms with Crippen molar-refractivity contribution in [2.75, 3.05) is 6.54 Å². The summed E-state index contributed by atoms with van der Waals surface area (Å²) in [6.45, 7) is 3.67. The number of hydrogen-bond acceptors (Lipinski definition) is 3. The minimum absolute atomic E-state index is 0.0655. The number of carbonyl (C=O) groups is 1. The quantitative estimate of drug-likeness (QED) is 0.779. The number of amides is 1. The highest BCUT2D eigenvalue weighted by Gasteiger charge is 2.10. The number of rotatable bonds is 3. The number of H-pyrrole nitrogens is 1. The maximum atomic E-state index is 11.6. The summed E-state index contributed by atoms with van der Waals surface area (Å²) in [4.78, 5) is 25.8. The largest absolute Gasteiger partial charge is 0.364 e. The Labute approximate surface area is 93.1 Å². The maximum Gasteiger partial charge on any atom is 0.256 e. The van der Waals surface area contributed by atoms with E-state index in [1.54, 1.807) is 13.8 Å². The van der Waals surface area contributed by atoms with E-state index in [-0.39, 0.29) is 23.5 Å². The van der Waals surface area contributed by atoms with Gasteiger partial charge in [0, 0.05) is 24.5 Å². The highest BCUT2D eigenvalue weighted by molar-refractivity contribution is 5.93. The van der Waals surface area contributed by atoms with Crippen LogP contribution in [0, 0.1) is 24.2 Å². The molecule has 0 aliphatic rings. The number of aromatic nitrogens is 1. The average Bonchev–Trinajstić information content (AvgIpc) is 2.25. The number of hydrogen-bond donors (Lipinski definition) is 2. The molecule has 1 heterocycles. The molecule has 0 aliphatic heterocycles. The van der Waals surface area contributed by atoms with Crippen molar-refractivity contribution in [2.45, 2.75) is 13.8 Å². The second-order valence-electron chi connectivity index (χ2n) is 3.63. The number of nitrogens with one attached hydrogen (secondary N) is 2. The molecule has 5 nitrogen and oxygen atoms in total. The second kappa shape index (κ2) is 5.12. The summed E-state index contributed by atoms with van der Waals surface area (Å²) >= 11 is 0. The van der Waals surface area contributed by atoms with Crippen molar-refractivity contribution in [3.63, 3.8) is 0 Å². The van der Waals surface area contributed by atoms with Crippen LogP contribution < -0.4 is 10.7 Å². The Hall–Kier alpha value is -2.09. The smallest absolute Gasteiger partial charge is 0.256 e. The van der Waals surface area contributed by atoms with E-state index in [2.05, 4.69) is 10.3 Å². The Balaban J connectivity index is 2.75. The molecule has 1 atom stereocenters. The van der Waals surface area contributed by atoms with Crippen molar-refractivity contribution in [1.82, 2.24) is 10.3 Å². The first-order valence-electron chi connectivity index (χ1n) is 4.91. The molecule has 84 valence electrons. The molecule has 0 aromatic carbocycles. The zero-order valence-electron chi connectivity index (χ0n) is 9.20. The third-order valence-corrected chi connectivity index (χ3v) is 2.09. The molecule has 1 aromatic rings. The number of carbonyl (C=O) groups excluding carboxylic acids is 1. The molecular weight excluding hydrogens is 206 g/mol. The van der Waals surface area contributed by atoms with E-state index in [0.717, 1.165) is 0 Å². The summed E-state index contributed by atoms with van der Waals surface area (Å²) < 4.78 is 0. The zero-order valence-corrected chi connectivity index (χ0v) is 9.20. The predicted molar refractivity (Wildman–Crippen MR) is 58.9 cm³/mol. The number of aromatic amines is 1. The molecule has 2 N–H and O–H groups in total. The molecule has 1 aromatic heterocycles. The predicted octanol–water partition coefficient (Wildman–Crippen LogP) is 0.573. The fourth-order valence-electron chi connectivity index (χ4n) is 1.14. The summed E-state index contributed by atoms with van der Waals surface area (Å²) in [6.07, 6.45) is 1.38. The van der Waals surface area contributed by atoms with Gasteiger partial charge >= 0.3 is 0 Å². The van der Waals surface area contributed by atoms with E-state index in [0.29, 0.717) is 5.69 Å². The maximum absolute atomic E-state index is 11.6. The number of pyridine rings is 1. The lowest BCUT2D eigenvalue weighted by molar-refractivity contribution is 0.0949. The van der Waals surface area contributed by atoms with Gasteiger partial charge in [0.15, 0.2) is 5.43 Å². The molecule has 5 heteroatoms. The van der Waals surface area contributed by atoms with Crippen LogP contribution in [-0.4, -0.2) is 17.4 Å². The van der Waals surface area contributed by atoms with Gasteiger partial charge in [-0.15, -0.1) is 0 Å². The van der Waals surface area contributed by atoms with E-state index >= 15 is 0 Å². The van der Waals surface area contributed by atoms with Crippen molar-refractivity contribution in [3.05, 3.63) is 33.7 Å². The van der Waals surface area contributed by atoms with Gasteiger partial charge in [-0.05, 0) is 13.8 Å². The number of nitrogens with zero attached hydrogens (tertiary/aromatic N) is 1. The van der Waals surface area contributed by atoms with Gasteiger partial charge in [-0.2, -0.15) is 5.26 Å². The summed E-state index contributed by atoms with van der Waals surface area (Å²) in [5, 5.41) is 11.1. The Kier molecular flexibility index (Phi) is 3.84. The van der Waals surface area contributed by atoms with Gasteiger partial charge < -0.3 is 10.3 Å². The first-order valence-corrected chi connectivity index (χ1v) is 4.91. The van der Waals surface area contributed by atoms with Crippen LogP contribution in [0.5, 0.6) is 0 Å². The first kappa shape index (κ1) is 12.0. The third kappa shape index (κ3) is 2.95. The first-order chi connectivity index (χ1) is 7.54. The average molecular weight is 219 g/mol. The van der Waals surface area contributed by atoms with Crippen molar-refractivity contribution < 1.29 is 4.79 Å². The van der Waals surface area contributed by atoms with Crippen LogP contribution in [0.25, 0.3) is 0 Å². The third-order valence-electron chi connectivity index (χ3n) is 2.09. The Bertz CT molecular complexity index is 485. The van der Waals surface area contributed by atoms with Gasteiger partial charge in [-0.1, -0.05) is 0 Å². The lowest BCUT2D eigenvalue weighted by atomic mass is 10.2. The summed E-state index contributed by atoms with van der Waals surface area (Å²) in [7, 11) is 0. The molecule has 16 heavy (non-hydrogen) atoms. The lowest BCUT2D eigenvalue weighted by Gasteiger charge is -2.05. The lowest BCUT2D eigenvalue weighted by Crippen LogP contribution is -2.31. The van der Waals surface area contributed by atoms with Crippen LogP contribution in [0.1, 0.15) is 23.0 Å². The Morgan fingerprint density at radius 3 is 2.94 bits per heavy atom. The van der Waals surface area contributed by atoms with Gasteiger partial charge in [0.1, 0.15) is 5.56 Å². The molecule has 0 bridgehead atoms. The monoisotopic (exact) mass is 219 g/mol. The molecule has 0 spiro atoms. The molecule has 0 saturated heterocycles. The summed E-state index contributed by atoms with van der Waals surface area (Å²) in [5.74, 6) is -0.725. The van der Waals surface area contributed by atoms with Crippen molar-refractivity contribution in [3.8, 4) is 6.07 Å². The van der Waals surface area contributed by atoms with Gasteiger partial charge in [-0.3, -0.25) is 9.59 Å².